The van der Waals surface area contributed by atoms with Crippen molar-refractivity contribution in [1.29, 1.82) is 0 Å². The van der Waals surface area contributed by atoms with E-state index in [1.165, 1.54) is 7.11 Å². The SMILES string of the molecule is CCCC(CN)C(=O)N[C@H](CCC(=O)OC)C(=O)O. The fraction of sp³-hybridized carbons (Fsp3) is 0.750. The Balaban J connectivity index is 4.44. The molecule has 0 spiro atoms. The zero-order valence-corrected chi connectivity index (χ0v) is 11.3. The van der Waals surface area contributed by atoms with Crippen LogP contribution >= 0.6 is 0 Å². The van der Waals surface area contributed by atoms with Gasteiger partial charge in [-0.25, -0.2) is 4.79 Å². The van der Waals surface area contributed by atoms with Gasteiger partial charge in [0.15, 0.2) is 0 Å². The first-order chi connectivity index (χ1) is 8.96. The Bertz CT molecular complexity index is 319. The van der Waals surface area contributed by atoms with Crippen LogP contribution in [0.2, 0.25) is 0 Å². The second-order valence-electron chi connectivity index (χ2n) is 4.24. The molecule has 110 valence electrons. The third kappa shape index (κ3) is 6.76. The predicted molar refractivity (Wildman–Crippen MR) is 68.3 cm³/mol. The lowest BCUT2D eigenvalue weighted by Gasteiger charge is -2.18. The molecule has 0 saturated carbocycles. The van der Waals surface area contributed by atoms with Crippen molar-refractivity contribution < 1.29 is 24.2 Å². The number of nitrogens with two attached hydrogens (primary N) is 1. The van der Waals surface area contributed by atoms with Gasteiger partial charge < -0.3 is 20.9 Å². The van der Waals surface area contributed by atoms with Crippen LogP contribution in [0.3, 0.4) is 0 Å². The fourth-order valence-corrected chi connectivity index (χ4v) is 1.62. The summed E-state index contributed by atoms with van der Waals surface area (Å²) in [5.41, 5.74) is 5.47. The molecule has 2 atom stereocenters. The van der Waals surface area contributed by atoms with Gasteiger partial charge >= 0.3 is 11.9 Å². The molecule has 19 heavy (non-hydrogen) atoms. The summed E-state index contributed by atoms with van der Waals surface area (Å²) in [6.07, 6.45) is 1.33. The fourth-order valence-electron chi connectivity index (χ4n) is 1.62. The van der Waals surface area contributed by atoms with Crippen molar-refractivity contribution in [2.75, 3.05) is 13.7 Å². The highest BCUT2D eigenvalue weighted by Crippen LogP contribution is 2.07. The molecule has 7 nitrogen and oxygen atoms in total. The molecule has 7 heteroatoms. The number of carbonyl (C=O) groups is 3. The molecule has 0 radical (unpaired) electrons. The highest BCUT2D eigenvalue weighted by molar-refractivity contribution is 5.85. The van der Waals surface area contributed by atoms with Crippen LogP contribution in [0.15, 0.2) is 0 Å². The molecule has 0 aliphatic heterocycles. The van der Waals surface area contributed by atoms with E-state index < -0.39 is 23.9 Å². The smallest absolute Gasteiger partial charge is 0.326 e. The third-order valence-corrected chi connectivity index (χ3v) is 2.77. The molecule has 0 heterocycles. The van der Waals surface area contributed by atoms with E-state index >= 15 is 0 Å². The lowest BCUT2D eigenvalue weighted by Crippen LogP contribution is -2.45. The van der Waals surface area contributed by atoms with Gasteiger partial charge in [0, 0.05) is 13.0 Å². The maximum Gasteiger partial charge on any atom is 0.326 e. The summed E-state index contributed by atoms with van der Waals surface area (Å²) >= 11 is 0. The van der Waals surface area contributed by atoms with Crippen molar-refractivity contribution in [3.63, 3.8) is 0 Å². The van der Waals surface area contributed by atoms with Crippen molar-refractivity contribution in [2.24, 2.45) is 11.7 Å². The second kappa shape index (κ2) is 9.32. The van der Waals surface area contributed by atoms with Crippen LogP contribution in [0.5, 0.6) is 0 Å². The summed E-state index contributed by atoms with van der Waals surface area (Å²) in [5, 5.41) is 11.4. The van der Waals surface area contributed by atoms with Crippen LogP contribution in [0.25, 0.3) is 0 Å². The average Bonchev–Trinajstić information content (AvgIpc) is 2.39. The number of carbonyl (C=O) groups excluding carboxylic acids is 2. The largest absolute Gasteiger partial charge is 0.480 e. The molecule has 1 unspecified atom stereocenters. The van der Waals surface area contributed by atoms with Crippen molar-refractivity contribution in [1.82, 2.24) is 5.32 Å². The van der Waals surface area contributed by atoms with E-state index in [4.69, 9.17) is 10.8 Å². The molecule has 0 aliphatic rings. The first-order valence-electron chi connectivity index (χ1n) is 6.26. The Morgan fingerprint density at radius 1 is 1.32 bits per heavy atom. The number of nitrogens with one attached hydrogen (secondary N) is 1. The van der Waals surface area contributed by atoms with Crippen LogP contribution in [0.4, 0.5) is 0 Å². The van der Waals surface area contributed by atoms with Crippen molar-refractivity contribution in [3.8, 4) is 0 Å². The summed E-state index contributed by atoms with van der Waals surface area (Å²) in [4.78, 5) is 33.8. The maximum absolute atomic E-state index is 11.8. The number of methoxy groups -OCH3 is 1. The molecule has 0 saturated heterocycles. The monoisotopic (exact) mass is 274 g/mol. The Kier molecular flexibility index (Phi) is 8.52. The Hall–Kier alpha value is -1.63. The summed E-state index contributed by atoms with van der Waals surface area (Å²) < 4.78 is 4.43. The quantitative estimate of drug-likeness (QED) is 0.504. The topological polar surface area (TPSA) is 119 Å². The van der Waals surface area contributed by atoms with E-state index in [2.05, 4.69) is 10.1 Å². The molecular formula is C12H22N2O5. The minimum atomic E-state index is -1.18. The highest BCUT2D eigenvalue weighted by atomic mass is 16.5. The molecular weight excluding hydrogens is 252 g/mol. The van der Waals surface area contributed by atoms with Gasteiger partial charge in [-0.15, -0.1) is 0 Å². The van der Waals surface area contributed by atoms with Gasteiger partial charge in [0.05, 0.1) is 13.0 Å². The van der Waals surface area contributed by atoms with E-state index in [-0.39, 0.29) is 25.3 Å². The van der Waals surface area contributed by atoms with Gasteiger partial charge in [-0.1, -0.05) is 13.3 Å². The molecule has 0 fully saturated rings. The normalized spacial score (nSPS) is 13.4. The number of amides is 1. The number of ether oxygens (including phenoxy) is 1. The third-order valence-electron chi connectivity index (χ3n) is 2.77. The van der Waals surface area contributed by atoms with Crippen molar-refractivity contribution in [3.05, 3.63) is 0 Å². The predicted octanol–water partition coefficient (Wildman–Crippen LogP) is -0.116. The van der Waals surface area contributed by atoms with Crippen LogP contribution < -0.4 is 11.1 Å². The average molecular weight is 274 g/mol. The number of hydrogen-bond acceptors (Lipinski definition) is 5. The molecule has 0 aromatic rings. The lowest BCUT2D eigenvalue weighted by molar-refractivity contribution is -0.144. The van der Waals surface area contributed by atoms with Gasteiger partial charge in [0.25, 0.3) is 0 Å². The number of carboxylic acid groups (broad SMARTS) is 1. The van der Waals surface area contributed by atoms with Gasteiger partial charge in [0.2, 0.25) is 5.91 Å². The van der Waals surface area contributed by atoms with Crippen molar-refractivity contribution in [2.45, 2.75) is 38.6 Å². The molecule has 0 rings (SSSR count). The second-order valence-corrected chi connectivity index (χ2v) is 4.24. The number of rotatable bonds is 9. The molecule has 4 N–H and O–H groups in total. The lowest BCUT2D eigenvalue weighted by atomic mass is 10.0. The van der Waals surface area contributed by atoms with E-state index in [0.717, 1.165) is 6.42 Å². The first-order valence-corrected chi connectivity index (χ1v) is 6.26. The van der Waals surface area contributed by atoms with Gasteiger partial charge in [0.1, 0.15) is 6.04 Å². The van der Waals surface area contributed by atoms with Gasteiger partial charge in [-0.2, -0.15) is 0 Å². The molecule has 0 aromatic carbocycles. The van der Waals surface area contributed by atoms with Crippen LogP contribution in [-0.4, -0.2) is 42.6 Å². The molecule has 0 aromatic heterocycles. The highest BCUT2D eigenvalue weighted by Gasteiger charge is 2.24. The number of esters is 1. The Morgan fingerprint density at radius 3 is 2.37 bits per heavy atom. The van der Waals surface area contributed by atoms with E-state index in [0.29, 0.717) is 6.42 Å². The summed E-state index contributed by atoms with van der Waals surface area (Å²) in [7, 11) is 1.22. The van der Waals surface area contributed by atoms with E-state index in [1.54, 1.807) is 0 Å². The first kappa shape index (κ1) is 17.4. The zero-order chi connectivity index (χ0) is 14.8. The van der Waals surface area contributed by atoms with Gasteiger partial charge in [-0.05, 0) is 12.8 Å². The minimum Gasteiger partial charge on any atom is -0.480 e. The molecule has 1 amide bonds. The Labute approximate surface area is 112 Å². The molecule has 0 aliphatic carbocycles. The van der Waals surface area contributed by atoms with Crippen LogP contribution in [0, 0.1) is 5.92 Å². The molecule has 0 bridgehead atoms. The number of hydrogen-bond donors (Lipinski definition) is 3. The number of carboxylic acids is 1. The van der Waals surface area contributed by atoms with Gasteiger partial charge in [-0.3, -0.25) is 9.59 Å². The maximum atomic E-state index is 11.8. The minimum absolute atomic E-state index is 0.00281. The summed E-state index contributed by atoms with van der Waals surface area (Å²) in [6, 6.07) is -1.10. The van der Waals surface area contributed by atoms with E-state index in [9.17, 15) is 14.4 Å². The van der Waals surface area contributed by atoms with Crippen molar-refractivity contribution >= 4 is 17.8 Å². The zero-order valence-electron chi connectivity index (χ0n) is 11.3. The number of aliphatic carboxylic acids is 1. The van der Waals surface area contributed by atoms with Crippen LogP contribution in [0.1, 0.15) is 32.6 Å². The summed E-state index contributed by atoms with van der Waals surface area (Å²) in [5.74, 6) is -2.47. The Morgan fingerprint density at radius 2 is 1.95 bits per heavy atom. The van der Waals surface area contributed by atoms with Crippen LogP contribution in [-0.2, 0) is 19.1 Å². The van der Waals surface area contributed by atoms with E-state index in [1.807, 2.05) is 6.92 Å². The summed E-state index contributed by atoms with van der Waals surface area (Å²) in [6.45, 7) is 2.09. The standard InChI is InChI=1S/C12H22N2O5/c1-3-4-8(7-13)11(16)14-9(12(17)18)5-6-10(15)19-2/h8-9H,3-7,13H2,1-2H3,(H,14,16)(H,17,18)/t8?,9-/m1/s1.